The van der Waals surface area contributed by atoms with Crippen LogP contribution in [0.5, 0.6) is 0 Å². The minimum atomic E-state index is -1.02. The molecule has 11 heteroatoms. The zero-order valence-corrected chi connectivity index (χ0v) is 23.3. The lowest BCUT2D eigenvalue weighted by atomic mass is 9.84. The number of carboxylic acids is 1. The van der Waals surface area contributed by atoms with Crippen molar-refractivity contribution >= 4 is 17.8 Å². The number of allylic oxidation sites excluding steroid dienone is 4. The molecule has 0 spiro atoms. The fourth-order valence-electron chi connectivity index (χ4n) is 5.19. The first-order chi connectivity index (χ1) is 18.6. The first-order valence-electron chi connectivity index (χ1n) is 13.5. The van der Waals surface area contributed by atoms with Crippen LogP contribution in [0.1, 0.15) is 78.6 Å². The molecule has 2 rings (SSSR count). The third-order valence-corrected chi connectivity index (χ3v) is 7.11. The number of carboxylic acid groups (broad SMARTS) is 1. The Morgan fingerprint density at radius 2 is 1.87 bits per heavy atom. The van der Waals surface area contributed by atoms with Crippen LogP contribution in [0.3, 0.4) is 0 Å². The number of esters is 1. The van der Waals surface area contributed by atoms with Crippen molar-refractivity contribution < 1.29 is 34.2 Å². The first kappa shape index (κ1) is 33.6. The fourth-order valence-corrected chi connectivity index (χ4v) is 5.19. The number of carbonyl (C=O) groups excluding carboxylic acids is 2. The summed E-state index contributed by atoms with van der Waals surface area (Å²) in [6.07, 6.45) is 19.7. The molecule has 11 nitrogen and oxygen atoms in total. The molecular weight excluding hydrogens is 506 g/mol. The van der Waals surface area contributed by atoms with Gasteiger partial charge in [0.2, 0.25) is 5.91 Å². The van der Waals surface area contributed by atoms with Gasteiger partial charge in [0.05, 0.1) is 19.3 Å². The topological polar surface area (TPSA) is 148 Å². The zero-order valence-electron chi connectivity index (χ0n) is 23.3. The number of aliphatic carboxylic acids is 1. The lowest BCUT2D eigenvalue weighted by molar-refractivity contribution is -0.757. The van der Waals surface area contributed by atoms with Gasteiger partial charge in [-0.25, -0.2) is 4.79 Å². The van der Waals surface area contributed by atoms with Crippen molar-refractivity contribution in [3.05, 3.63) is 33.9 Å². The van der Waals surface area contributed by atoms with Gasteiger partial charge in [-0.3, -0.25) is 14.9 Å². The molecule has 0 radical (unpaired) electrons. The molecule has 0 aromatic carbocycles. The van der Waals surface area contributed by atoms with E-state index in [4.69, 9.17) is 4.74 Å². The summed E-state index contributed by atoms with van der Waals surface area (Å²) in [5, 5.41) is 22.1. The molecular formula is C28H43N3O8. The van der Waals surface area contributed by atoms with E-state index in [1.165, 1.54) is 0 Å². The summed E-state index contributed by atoms with van der Waals surface area (Å²) in [4.78, 5) is 54.6. The summed E-state index contributed by atoms with van der Waals surface area (Å²) in [6, 6.07) is -2.46. The van der Waals surface area contributed by atoms with Gasteiger partial charge < -0.3 is 19.6 Å². The number of likely N-dealkylation sites (tertiary alicyclic amines) is 1. The number of carbonyl (C=O) groups is 3. The van der Waals surface area contributed by atoms with E-state index in [0.29, 0.717) is 32.1 Å². The highest BCUT2D eigenvalue weighted by atomic mass is 16.9. The zero-order chi connectivity index (χ0) is 29.4. The van der Waals surface area contributed by atoms with E-state index < -0.39 is 35.2 Å². The lowest BCUT2D eigenvalue weighted by Gasteiger charge is -2.35. The normalized spacial score (nSPS) is 22.2. The monoisotopic (exact) mass is 549 g/mol. The van der Waals surface area contributed by atoms with Crippen LogP contribution in [0.2, 0.25) is 0 Å². The first-order valence-corrected chi connectivity index (χ1v) is 13.5. The average molecular weight is 550 g/mol. The maximum absolute atomic E-state index is 13.6. The third-order valence-electron chi connectivity index (χ3n) is 7.11. The number of rotatable bonds is 15. The van der Waals surface area contributed by atoms with Crippen molar-refractivity contribution in [2.75, 3.05) is 13.2 Å². The highest BCUT2D eigenvalue weighted by molar-refractivity contribution is 5.89. The Kier molecular flexibility index (Phi) is 15.5. The van der Waals surface area contributed by atoms with Crippen molar-refractivity contribution in [3.63, 3.8) is 0 Å². The molecule has 218 valence electrons. The average Bonchev–Trinajstić information content (AvgIpc) is 3.31. The van der Waals surface area contributed by atoms with Crippen LogP contribution in [0.4, 0.5) is 0 Å². The number of nitrogens with zero attached hydrogens (tertiary/aromatic N) is 2. The van der Waals surface area contributed by atoms with Gasteiger partial charge in [-0.15, -0.1) is 23.0 Å². The summed E-state index contributed by atoms with van der Waals surface area (Å²) >= 11 is 0. The molecule has 2 fully saturated rings. The number of ether oxygens (including phenoxy) is 1. The number of unbranched alkanes of at least 4 members (excludes halogenated alkanes) is 1. The summed E-state index contributed by atoms with van der Waals surface area (Å²) < 4.78 is 5.43. The number of nitrogens with one attached hydrogen (secondary N) is 1. The molecule has 5 unspecified atom stereocenters. The van der Waals surface area contributed by atoms with E-state index in [1.54, 1.807) is 11.8 Å². The largest absolute Gasteiger partial charge is 0.480 e. The van der Waals surface area contributed by atoms with Crippen molar-refractivity contribution in [2.24, 2.45) is 5.92 Å². The Hall–Kier alpha value is -3.39. The molecule has 0 aromatic rings. The van der Waals surface area contributed by atoms with Crippen LogP contribution < -0.4 is 5.32 Å². The second kappa shape index (κ2) is 18.0. The SMILES string of the molecule is C#C.C/C=C\C=C(/C)CCC(NC(C)C(=O)N1C(C(=O)OCCCCO[N+](=O)[O-])CC2CCCCC21)C(=O)O. The van der Waals surface area contributed by atoms with Crippen LogP contribution in [0, 0.1) is 28.9 Å². The minimum Gasteiger partial charge on any atom is -0.480 e. The van der Waals surface area contributed by atoms with E-state index in [9.17, 15) is 29.6 Å². The van der Waals surface area contributed by atoms with Gasteiger partial charge in [0.25, 0.3) is 5.09 Å². The van der Waals surface area contributed by atoms with Crippen LogP contribution in [-0.4, -0.2) is 70.3 Å². The number of terminal acetylenes is 1. The molecule has 0 aromatic heterocycles. The molecule has 1 aliphatic carbocycles. The maximum Gasteiger partial charge on any atom is 0.328 e. The fraction of sp³-hybridized carbons (Fsp3) is 0.679. The summed E-state index contributed by atoms with van der Waals surface area (Å²) in [5.41, 5.74) is 1.04. The molecule has 1 amide bonds. The van der Waals surface area contributed by atoms with Gasteiger partial charge in [0.1, 0.15) is 12.1 Å². The minimum absolute atomic E-state index is 0.0640. The molecule has 2 aliphatic rings. The number of amides is 1. The number of hydrogen-bond donors (Lipinski definition) is 2. The van der Waals surface area contributed by atoms with Crippen molar-refractivity contribution in [1.29, 1.82) is 0 Å². The number of hydrogen-bond acceptors (Lipinski definition) is 8. The Labute approximate surface area is 231 Å². The quantitative estimate of drug-likeness (QED) is 0.0779. The second-order valence-corrected chi connectivity index (χ2v) is 9.90. The van der Waals surface area contributed by atoms with Gasteiger partial charge in [-0.05, 0) is 71.6 Å². The van der Waals surface area contributed by atoms with Gasteiger partial charge in [-0.2, -0.15) is 0 Å². The van der Waals surface area contributed by atoms with Crippen molar-refractivity contribution in [1.82, 2.24) is 10.2 Å². The van der Waals surface area contributed by atoms with Crippen molar-refractivity contribution in [2.45, 2.75) is 103 Å². The standard InChI is InChI=1S/C26H41N3O8.C2H2/c1-4-5-10-18(2)13-14-21(25(31)32)27-19(3)24(30)28-22-12-7-6-11-20(22)17-23(28)26(33)36-15-8-9-16-37-29(34)35;1-2/h4-5,10,19-23,27H,6-9,11-17H2,1-3H3,(H,31,32);1-2H/b5-4-,18-10+;. The van der Waals surface area contributed by atoms with Crippen LogP contribution in [0.25, 0.3) is 0 Å². The Morgan fingerprint density at radius 1 is 1.21 bits per heavy atom. The third kappa shape index (κ3) is 11.1. The Morgan fingerprint density at radius 3 is 2.51 bits per heavy atom. The van der Waals surface area contributed by atoms with E-state index in [1.807, 2.05) is 32.1 Å². The maximum atomic E-state index is 13.6. The highest BCUT2D eigenvalue weighted by Gasteiger charge is 2.49. The summed E-state index contributed by atoms with van der Waals surface area (Å²) in [5.74, 6) is -1.58. The van der Waals surface area contributed by atoms with Gasteiger partial charge in [-0.1, -0.05) is 36.6 Å². The predicted molar refractivity (Wildman–Crippen MR) is 146 cm³/mol. The van der Waals surface area contributed by atoms with Crippen LogP contribution in [-0.2, 0) is 24.0 Å². The predicted octanol–water partition coefficient (Wildman–Crippen LogP) is 3.66. The lowest BCUT2D eigenvalue weighted by Crippen LogP contribution is -2.55. The van der Waals surface area contributed by atoms with Gasteiger partial charge in [0, 0.05) is 6.04 Å². The van der Waals surface area contributed by atoms with Gasteiger partial charge in [0.15, 0.2) is 0 Å². The summed E-state index contributed by atoms with van der Waals surface area (Å²) in [6.45, 7) is 5.51. The molecule has 5 atom stereocenters. The van der Waals surface area contributed by atoms with Crippen molar-refractivity contribution in [3.8, 4) is 12.8 Å². The Bertz CT molecular complexity index is 900. The molecule has 1 saturated carbocycles. The summed E-state index contributed by atoms with van der Waals surface area (Å²) in [7, 11) is 0. The molecule has 1 saturated heterocycles. The molecule has 0 bridgehead atoms. The van der Waals surface area contributed by atoms with Crippen LogP contribution in [0.15, 0.2) is 23.8 Å². The number of fused-ring (bicyclic) bond motifs is 1. The molecule has 1 heterocycles. The van der Waals surface area contributed by atoms with E-state index in [2.05, 4.69) is 23.0 Å². The van der Waals surface area contributed by atoms with E-state index in [-0.39, 0.29) is 31.1 Å². The van der Waals surface area contributed by atoms with E-state index in [0.717, 1.165) is 31.3 Å². The molecule has 1 aliphatic heterocycles. The Balaban J connectivity index is 0.00000371. The van der Waals surface area contributed by atoms with E-state index >= 15 is 0 Å². The molecule has 39 heavy (non-hydrogen) atoms. The van der Waals surface area contributed by atoms with Crippen LogP contribution >= 0.6 is 0 Å². The van der Waals surface area contributed by atoms with Gasteiger partial charge >= 0.3 is 11.9 Å². The smallest absolute Gasteiger partial charge is 0.328 e. The highest BCUT2D eigenvalue weighted by Crippen LogP contribution is 2.40. The second-order valence-electron chi connectivity index (χ2n) is 9.90. The molecule has 2 N–H and O–H groups in total.